The maximum Gasteiger partial charge on any atom is 1.00 e. The van der Waals surface area contributed by atoms with Gasteiger partial charge in [-0.2, -0.15) is 8.62 Å². The van der Waals surface area contributed by atoms with Crippen LogP contribution in [0.5, 0.6) is 0 Å². The number of nitrogens with zero attached hydrogens (tertiary/aromatic N) is 3. The largest absolute Gasteiger partial charge is 1.00 e. The smallest absolute Gasteiger partial charge is 0.851 e. The molecular weight excluding hydrogens is 539 g/mol. The predicted octanol–water partition coefficient (Wildman–Crippen LogP) is -9.17. The van der Waals surface area contributed by atoms with Gasteiger partial charge in [-0.25, -0.2) is 23.7 Å². The molecule has 3 heterocycles. The van der Waals surface area contributed by atoms with Gasteiger partial charge in [0.05, 0.1) is 25.4 Å². The summed E-state index contributed by atoms with van der Waals surface area (Å²) in [4.78, 5) is 57.0. The van der Waals surface area contributed by atoms with E-state index in [1.165, 1.54) is 0 Å². The summed E-state index contributed by atoms with van der Waals surface area (Å²) in [6.07, 6.45) is -5.23. The van der Waals surface area contributed by atoms with E-state index in [1.807, 2.05) is 0 Å². The zero-order valence-corrected chi connectivity index (χ0v) is 23.4. The van der Waals surface area contributed by atoms with Crippen LogP contribution in [0.4, 0.5) is 0 Å². The summed E-state index contributed by atoms with van der Waals surface area (Å²) in [5.41, 5.74) is -0.833. The summed E-state index contributed by atoms with van der Waals surface area (Å²) in [6, 6.07) is 0. The summed E-state index contributed by atoms with van der Waals surface area (Å²) >= 11 is 0. The number of phosphoric ester groups is 1. The zero-order chi connectivity index (χ0) is 23.2. The van der Waals surface area contributed by atoms with Crippen molar-refractivity contribution in [2.24, 2.45) is 0 Å². The van der Waals surface area contributed by atoms with E-state index in [9.17, 15) is 33.6 Å². The van der Waals surface area contributed by atoms with Crippen LogP contribution in [0.25, 0.3) is 11.2 Å². The zero-order valence-electron chi connectivity index (χ0n) is 16.7. The summed E-state index contributed by atoms with van der Waals surface area (Å²) in [6.45, 7) is -1.09. The second-order valence-corrected chi connectivity index (χ2v) is 10.4. The molecule has 174 valence electrons. The second-order valence-electron chi connectivity index (χ2n) is 5.94. The van der Waals surface area contributed by atoms with Gasteiger partial charge < -0.3 is 39.5 Å². The molecule has 2 aromatic rings. The number of H-pyrrole nitrogens is 1. The molecule has 0 saturated carbocycles. The van der Waals surface area contributed by atoms with Crippen molar-refractivity contribution < 1.29 is 120 Å². The van der Waals surface area contributed by atoms with E-state index in [1.54, 1.807) is 0 Å². The van der Waals surface area contributed by atoms with E-state index < -0.39 is 60.2 Å². The van der Waals surface area contributed by atoms with Crippen molar-refractivity contribution in [3.63, 3.8) is 0 Å². The van der Waals surface area contributed by atoms with Crippen molar-refractivity contribution in [3.05, 3.63) is 23.0 Å². The van der Waals surface area contributed by atoms with Crippen molar-refractivity contribution in [1.29, 1.82) is 0 Å². The van der Waals surface area contributed by atoms with Gasteiger partial charge >= 0.3 is 82.6 Å². The van der Waals surface area contributed by atoms with E-state index in [2.05, 4.69) is 28.1 Å². The quantitative estimate of drug-likeness (QED) is 0.150. The maximum atomic E-state index is 12.3. The third-order valence-corrected chi connectivity index (χ3v) is 7.55. The molecule has 6 unspecified atom stereocenters. The summed E-state index contributed by atoms with van der Waals surface area (Å²) in [5.74, 6) is 0. The van der Waals surface area contributed by atoms with Gasteiger partial charge in [0.25, 0.3) is 5.56 Å². The van der Waals surface area contributed by atoms with Gasteiger partial charge in [0, 0.05) is 0 Å². The molecule has 18 nitrogen and oxygen atoms in total. The molecule has 0 amide bonds. The molecule has 0 radical (unpaired) electrons. The van der Waals surface area contributed by atoms with E-state index >= 15 is 0 Å². The standard InChI is InChI=1S/C10H13N4O14P3.2Na/c15-6-4(1-25-30(21,22)28-31(23,24)27-29(18,19)20)26-10(7(6)16)14-3-13-5-8(14)11-2-12-9(5)17;;/h2-4,6-7,10H,1H2,(H,21,22)(H,23,24)(H,11,12,17)(H2,18,19,20);;/q-2;2*+1. The number of aromatic nitrogens is 4. The molecule has 0 bridgehead atoms. The monoisotopic (exact) mass is 552 g/mol. The Morgan fingerprint density at radius 2 is 1.70 bits per heavy atom. The topological polar surface area (TPSA) is 279 Å². The normalized spacial score (nSPS) is 26.7. The third kappa shape index (κ3) is 8.06. The molecule has 6 atom stereocenters. The Morgan fingerprint density at radius 1 is 1.06 bits per heavy atom. The second kappa shape index (κ2) is 11.8. The Kier molecular flexibility index (Phi) is 11.3. The molecule has 33 heavy (non-hydrogen) atoms. The van der Waals surface area contributed by atoms with Crippen molar-refractivity contribution >= 4 is 34.6 Å². The van der Waals surface area contributed by atoms with Crippen LogP contribution in [0.1, 0.15) is 6.23 Å². The Balaban J connectivity index is 0.00000272. The number of nitrogens with one attached hydrogen (secondary N) is 1. The number of imidazole rings is 1. The third-order valence-electron chi connectivity index (χ3n) is 3.74. The Hall–Kier alpha value is 0.640. The van der Waals surface area contributed by atoms with Crippen LogP contribution in [0.3, 0.4) is 0 Å². The van der Waals surface area contributed by atoms with E-state index in [0.29, 0.717) is 0 Å². The first-order chi connectivity index (χ1) is 14.2. The van der Waals surface area contributed by atoms with E-state index in [0.717, 1.165) is 17.2 Å². The number of phosphoric acid groups is 3. The maximum absolute atomic E-state index is 12.3. The van der Waals surface area contributed by atoms with Crippen LogP contribution in [-0.4, -0.2) is 64.0 Å². The van der Waals surface area contributed by atoms with Crippen LogP contribution < -0.4 is 74.9 Å². The fraction of sp³-hybridized carbons (Fsp3) is 0.500. The van der Waals surface area contributed by atoms with Gasteiger partial charge in [0.15, 0.2) is 11.2 Å². The van der Waals surface area contributed by atoms with E-state index in [4.69, 9.17) is 19.4 Å². The number of rotatable bonds is 8. The minimum absolute atomic E-state index is 0. The molecule has 5 N–H and O–H groups in total. The Morgan fingerprint density at radius 3 is 2.30 bits per heavy atom. The number of hydrogen-bond acceptors (Lipinski definition) is 12. The van der Waals surface area contributed by atoms with Crippen LogP contribution in [0, 0.1) is 0 Å². The average Bonchev–Trinajstić information content (AvgIpc) is 3.13. The molecule has 3 rings (SSSR count). The van der Waals surface area contributed by atoms with Gasteiger partial charge in [-0.1, -0.05) is 6.10 Å². The summed E-state index contributed by atoms with van der Waals surface area (Å²) in [5, 5.41) is 24.5. The number of hydrogen-bond donors (Lipinski definition) is 5. The molecule has 0 spiro atoms. The minimum Gasteiger partial charge on any atom is -0.851 e. The molecule has 23 heteroatoms. The number of ether oxygens (including phenoxy) is 1. The Labute approximate surface area is 227 Å². The van der Waals surface area contributed by atoms with Gasteiger partial charge in [0.2, 0.25) is 0 Å². The first-order valence-corrected chi connectivity index (χ1v) is 12.4. The molecule has 1 fully saturated rings. The first kappa shape index (κ1) is 31.7. The molecule has 2 aromatic heterocycles. The Bertz CT molecular complexity index is 1170. The first-order valence-electron chi connectivity index (χ1n) is 7.85. The predicted molar refractivity (Wildman–Crippen MR) is 89.5 cm³/mol. The number of aromatic amines is 1. The van der Waals surface area contributed by atoms with Crippen molar-refractivity contribution in [3.8, 4) is 0 Å². The summed E-state index contributed by atoms with van der Waals surface area (Å²) in [7, 11) is -16.8. The molecule has 1 aliphatic heterocycles. The van der Waals surface area contributed by atoms with Gasteiger partial charge in [-0.15, -0.1) is 6.10 Å². The minimum atomic E-state index is -5.74. The van der Waals surface area contributed by atoms with Gasteiger partial charge in [-0.05, 0) is 0 Å². The van der Waals surface area contributed by atoms with Crippen molar-refractivity contribution in [1.82, 2.24) is 19.5 Å². The molecule has 0 aromatic carbocycles. The number of fused-ring (bicyclic) bond motifs is 1. The molecule has 1 saturated heterocycles. The SMILES string of the molecule is O=c1[nH]cnc2c1ncn2C1OC(COP(=O)(O)OP(=O)(O)OP(=O)(O)O)C([O-])C1[O-].[Na+].[Na+]. The summed E-state index contributed by atoms with van der Waals surface area (Å²) < 4.78 is 51.2. The van der Waals surface area contributed by atoms with Crippen LogP contribution in [0.2, 0.25) is 0 Å². The molecule has 0 aliphatic carbocycles. The van der Waals surface area contributed by atoms with Crippen LogP contribution in [0.15, 0.2) is 17.4 Å². The van der Waals surface area contributed by atoms with Crippen LogP contribution in [-0.2, 0) is 31.6 Å². The fourth-order valence-electron chi connectivity index (χ4n) is 2.59. The van der Waals surface area contributed by atoms with Crippen molar-refractivity contribution in [2.45, 2.75) is 24.5 Å². The van der Waals surface area contributed by atoms with Crippen LogP contribution >= 0.6 is 23.5 Å². The average molecular weight is 552 g/mol. The fourth-order valence-corrected chi connectivity index (χ4v) is 5.62. The van der Waals surface area contributed by atoms with Gasteiger partial charge in [0.1, 0.15) is 6.23 Å². The van der Waals surface area contributed by atoms with Gasteiger partial charge in [-0.3, -0.25) is 13.9 Å². The molecular formula is C10H13N4Na2O14P3. The molecule has 1 aliphatic rings. The van der Waals surface area contributed by atoms with E-state index in [-0.39, 0.29) is 70.3 Å². The van der Waals surface area contributed by atoms with Crippen molar-refractivity contribution in [2.75, 3.05) is 6.61 Å².